The average molecular weight is 277 g/mol. The predicted molar refractivity (Wildman–Crippen MR) is 86.9 cm³/mol. The molecule has 106 valence electrons. The fourth-order valence-electron chi connectivity index (χ4n) is 2.61. The normalized spacial score (nSPS) is 10.8. The maximum absolute atomic E-state index is 5.42. The van der Waals surface area contributed by atoms with Gasteiger partial charge >= 0.3 is 0 Å². The number of rotatable bonds is 4. The number of hydrogen-bond acceptors (Lipinski definition) is 2. The second-order valence-electron chi connectivity index (χ2n) is 5.30. The van der Waals surface area contributed by atoms with Crippen LogP contribution in [0.5, 0.6) is 5.75 Å². The maximum Gasteiger partial charge on any atom is 0.119 e. The Morgan fingerprint density at radius 3 is 2.52 bits per heavy atom. The first-order valence-electron chi connectivity index (χ1n) is 7.24. The Hall–Kier alpha value is -2.35. The molecule has 0 aliphatic carbocycles. The molecule has 0 fully saturated rings. The van der Waals surface area contributed by atoms with Crippen LogP contribution in [0.3, 0.4) is 0 Å². The van der Waals surface area contributed by atoms with Crippen molar-refractivity contribution in [2.24, 2.45) is 0 Å². The Balaban J connectivity index is 1.97. The van der Waals surface area contributed by atoms with Gasteiger partial charge in [0.15, 0.2) is 0 Å². The van der Waals surface area contributed by atoms with Crippen molar-refractivity contribution in [3.05, 3.63) is 71.4 Å². The Labute approximate surface area is 125 Å². The molecule has 0 atom stereocenters. The lowest BCUT2D eigenvalue weighted by molar-refractivity contribution is 0.415. The Bertz CT molecular complexity index is 750. The summed E-state index contributed by atoms with van der Waals surface area (Å²) in [5.41, 5.74) is 4.73. The molecule has 0 spiro atoms. The minimum Gasteiger partial charge on any atom is -0.497 e. The van der Waals surface area contributed by atoms with E-state index >= 15 is 0 Å². The second kappa shape index (κ2) is 5.96. The first-order chi connectivity index (χ1) is 10.3. The maximum atomic E-state index is 5.42. The Morgan fingerprint density at radius 2 is 1.76 bits per heavy atom. The van der Waals surface area contributed by atoms with Crippen LogP contribution < -0.4 is 4.74 Å². The van der Waals surface area contributed by atoms with Crippen LogP contribution in [0, 0.1) is 6.92 Å². The molecule has 0 aliphatic rings. The van der Waals surface area contributed by atoms with Crippen LogP contribution in [0.25, 0.3) is 10.9 Å². The summed E-state index contributed by atoms with van der Waals surface area (Å²) in [7, 11) is 1.71. The van der Waals surface area contributed by atoms with E-state index in [4.69, 9.17) is 9.72 Å². The zero-order valence-corrected chi connectivity index (χ0v) is 12.5. The highest BCUT2D eigenvalue weighted by molar-refractivity contribution is 5.83. The number of aryl methyl sites for hydroxylation is 3. The van der Waals surface area contributed by atoms with E-state index < -0.39 is 0 Å². The molecule has 1 aromatic heterocycles. The summed E-state index contributed by atoms with van der Waals surface area (Å²) in [6, 6.07) is 18.9. The molecule has 0 N–H and O–H groups in total. The monoisotopic (exact) mass is 277 g/mol. The van der Waals surface area contributed by atoms with E-state index in [-0.39, 0.29) is 0 Å². The SMILES string of the molecule is COc1cc(CCc2ccccc2)c2nc(C)ccc2c1. The largest absolute Gasteiger partial charge is 0.497 e. The number of aromatic nitrogens is 1. The molecule has 0 aliphatic heterocycles. The summed E-state index contributed by atoms with van der Waals surface area (Å²) in [5, 5.41) is 1.14. The van der Waals surface area contributed by atoms with Gasteiger partial charge in [0, 0.05) is 11.1 Å². The smallest absolute Gasteiger partial charge is 0.119 e. The lowest BCUT2D eigenvalue weighted by Crippen LogP contribution is -1.96. The van der Waals surface area contributed by atoms with Gasteiger partial charge in [-0.3, -0.25) is 4.98 Å². The van der Waals surface area contributed by atoms with Crippen molar-refractivity contribution in [2.45, 2.75) is 19.8 Å². The number of ether oxygens (including phenoxy) is 1. The molecular formula is C19H19NO. The topological polar surface area (TPSA) is 22.1 Å². The minimum atomic E-state index is 0.899. The third-order valence-electron chi connectivity index (χ3n) is 3.75. The second-order valence-corrected chi connectivity index (χ2v) is 5.30. The quantitative estimate of drug-likeness (QED) is 0.708. The van der Waals surface area contributed by atoms with Crippen molar-refractivity contribution in [2.75, 3.05) is 7.11 Å². The lowest BCUT2D eigenvalue weighted by atomic mass is 10.0. The van der Waals surface area contributed by atoms with Crippen LogP contribution in [0.4, 0.5) is 0 Å². The molecule has 0 radical (unpaired) electrons. The fourth-order valence-corrected chi connectivity index (χ4v) is 2.61. The third kappa shape index (κ3) is 3.05. The third-order valence-corrected chi connectivity index (χ3v) is 3.75. The van der Waals surface area contributed by atoms with Gasteiger partial charge in [-0.2, -0.15) is 0 Å². The number of benzene rings is 2. The summed E-state index contributed by atoms with van der Waals surface area (Å²) in [6.07, 6.45) is 1.98. The van der Waals surface area contributed by atoms with Crippen LogP contribution >= 0.6 is 0 Å². The van der Waals surface area contributed by atoms with Crippen molar-refractivity contribution in [3.63, 3.8) is 0 Å². The van der Waals surface area contributed by atoms with Crippen LogP contribution in [-0.2, 0) is 12.8 Å². The van der Waals surface area contributed by atoms with Gasteiger partial charge in [0.2, 0.25) is 0 Å². The zero-order valence-electron chi connectivity index (χ0n) is 12.5. The van der Waals surface area contributed by atoms with E-state index in [0.29, 0.717) is 0 Å². The molecule has 3 aromatic rings. The van der Waals surface area contributed by atoms with E-state index in [9.17, 15) is 0 Å². The van der Waals surface area contributed by atoms with Gasteiger partial charge in [0.1, 0.15) is 5.75 Å². The highest BCUT2D eigenvalue weighted by atomic mass is 16.5. The number of fused-ring (bicyclic) bond motifs is 1. The van der Waals surface area contributed by atoms with Crippen molar-refractivity contribution < 1.29 is 4.74 Å². The van der Waals surface area contributed by atoms with E-state index in [1.807, 2.05) is 19.1 Å². The summed E-state index contributed by atoms with van der Waals surface area (Å²) < 4.78 is 5.42. The highest BCUT2D eigenvalue weighted by Crippen LogP contribution is 2.25. The first kappa shape index (κ1) is 13.6. The van der Waals surface area contributed by atoms with E-state index in [1.165, 1.54) is 11.1 Å². The van der Waals surface area contributed by atoms with Gasteiger partial charge in [-0.25, -0.2) is 0 Å². The molecule has 0 unspecified atom stereocenters. The minimum absolute atomic E-state index is 0.899. The van der Waals surface area contributed by atoms with Crippen molar-refractivity contribution >= 4 is 10.9 Å². The van der Waals surface area contributed by atoms with E-state index in [0.717, 1.165) is 35.2 Å². The van der Waals surface area contributed by atoms with Crippen molar-refractivity contribution in [1.29, 1.82) is 0 Å². The fraction of sp³-hybridized carbons (Fsp3) is 0.211. The molecule has 2 heteroatoms. The number of methoxy groups -OCH3 is 1. The molecule has 0 saturated heterocycles. The molecule has 3 rings (SSSR count). The van der Waals surface area contributed by atoms with Gasteiger partial charge < -0.3 is 4.74 Å². The van der Waals surface area contributed by atoms with Crippen LogP contribution in [-0.4, -0.2) is 12.1 Å². The molecule has 2 aromatic carbocycles. The molecule has 0 bridgehead atoms. The highest BCUT2D eigenvalue weighted by Gasteiger charge is 2.07. The van der Waals surface area contributed by atoms with Gasteiger partial charge in [-0.1, -0.05) is 36.4 Å². The summed E-state index contributed by atoms with van der Waals surface area (Å²) in [6.45, 7) is 2.03. The first-order valence-corrected chi connectivity index (χ1v) is 7.24. The standard InChI is InChI=1S/C19H19NO/c1-14-8-10-16-12-18(21-2)13-17(19(16)20-14)11-9-15-6-4-3-5-7-15/h3-8,10,12-13H,9,11H2,1-2H3. The Kier molecular flexibility index (Phi) is 3.87. The molecule has 21 heavy (non-hydrogen) atoms. The summed E-state index contributed by atoms with van der Waals surface area (Å²) in [4.78, 5) is 4.71. The molecular weight excluding hydrogens is 258 g/mol. The summed E-state index contributed by atoms with van der Waals surface area (Å²) in [5.74, 6) is 0.899. The molecule has 2 nitrogen and oxygen atoms in total. The van der Waals surface area contributed by atoms with Gasteiger partial charge in [0.05, 0.1) is 12.6 Å². The van der Waals surface area contributed by atoms with Crippen LogP contribution in [0.15, 0.2) is 54.6 Å². The number of nitrogens with zero attached hydrogens (tertiary/aromatic N) is 1. The summed E-state index contributed by atoms with van der Waals surface area (Å²) >= 11 is 0. The predicted octanol–water partition coefficient (Wildman–Crippen LogP) is 4.34. The van der Waals surface area contributed by atoms with Gasteiger partial charge in [-0.15, -0.1) is 0 Å². The Morgan fingerprint density at radius 1 is 0.952 bits per heavy atom. The number of hydrogen-bond donors (Lipinski definition) is 0. The van der Waals surface area contributed by atoms with Crippen LogP contribution in [0.2, 0.25) is 0 Å². The van der Waals surface area contributed by atoms with Gasteiger partial charge in [-0.05, 0) is 49.1 Å². The van der Waals surface area contributed by atoms with Crippen molar-refractivity contribution in [1.82, 2.24) is 4.98 Å². The van der Waals surface area contributed by atoms with E-state index in [2.05, 4.69) is 42.5 Å². The molecule has 1 heterocycles. The van der Waals surface area contributed by atoms with Crippen molar-refractivity contribution in [3.8, 4) is 5.75 Å². The van der Waals surface area contributed by atoms with E-state index in [1.54, 1.807) is 7.11 Å². The number of pyridine rings is 1. The lowest BCUT2D eigenvalue weighted by Gasteiger charge is -2.10. The van der Waals surface area contributed by atoms with Crippen LogP contribution in [0.1, 0.15) is 16.8 Å². The van der Waals surface area contributed by atoms with Gasteiger partial charge in [0.25, 0.3) is 0 Å². The molecule has 0 saturated carbocycles. The molecule has 0 amide bonds. The average Bonchev–Trinajstić information content (AvgIpc) is 2.53. The zero-order chi connectivity index (χ0) is 14.7.